The molecule has 2 heterocycles. The Morgan fingerprint density at radius 3 is 3.06 bits per heavy atom. The third-order valence-corrected chi connectivity index (χ3v) is 3.06. The van der Waals surface area contributed by atoms with Crippen molar-refractivity contribution in [3.63, 3.8) is 0 Å². The number of hydrogen-bond donors (Lipinski definition) is 2. The fourth-order valence-electron chi connectivity index (χ4n) is 1.29. The maximum atomic E-state index is 5.70. The van der Waals surface area contributed by atoms with Crippen LogP contribution in [0.3, 0.4) is 0 Å². The molecule has 2 aromatic rings. The van der Waals surface area contributed by atoms with Crippen LogP contribution in [-0.4, -0.2) is 21.5 Å². The molecule has 2 aromatic heterocycles. The lowest BCUT2D eigenvalue weighted by Crippen LogP contribution is -2.08. The van der Waals surface area contributed by atoms with Crippen molar-refractivity contribution in [2.45, 2.75) is 13.3 Å². The molecule has 3 N–H and O–H groups in total. The van der Waals surface area contributed by atoms with Crippen molar-refractivity contribution >= 4 is 22.8 Å². The summed E-state index contributed by atoms with van der Waals surface area (Å²) < 4.78 is 0. The van der Waals surface area contributed by atoms with Crippen LogP contribution >= 0.6 is 11.3 Å². The molecule has 0 spiro atoms. The fraction of sp³-hybridized carbons (Fsp3) is 0.300. The predicted octanol–water partition coefficient (Wildman–Crippen LogP) is 1.48. The van der Waals surface area contributed by atoms with Gasteiger partial charge in [-0.2, -0.15) is 0 Å². The maximum Gasteiger partial charge on any atom is 0.152 e. The zero-order chi connectivity index (χ0) is 11.4. The highest BCUT2D eigenvalue weighted by atomic mass is 32.1. The van der Waals surface area contributed by atoms with Gasteiger partial charge >= 0.3 is 0 Å². The Bertz CT molecular complexity index is 468. The van der Waals surface area contributed by atoms with Crippen molar-refractivity contribution in [3.05, 3.63) is 28.6 Å². The molecule has 0 aliphatic heterocycles. The SMILES string of the molecule is Cc1csc(CCNc2ncncc2N)n1. The molecule has 0 aliphatic rings. The van der Waals surface area contributed by atoms with E-state index in [1.165, 1.54) is 6.33 Å². The van der Waals surface area contributed by atoms with Crippen molar-refractivity contribution in [3.8, 4) is 0 Å². The number of nitrogens with zero attached hydrogens (tertiary/aromatic N) is 3. The molecular formula is C10H13N5S. The molecule has 0 radical (unpaired) electrons. The molecule has 0 unspecified atom stereocenters. The first-order chi connectivity index (χ1) is 7.75. The number of hydrogen-bond acceptors (Lipinski definition) is 6. The summed E-state index contributed by atoms with van der Waals surface area (Å²) in [4.78, 5) is 12.3. The van der Waals surface area contributed by atoms with Crippen LogP contribution in [0.2, 0.25) is 0 Å². The van der Waals surface area contributed by atoms with Crippen molar-refractivity contribution in [1.82, 2.24) is 15.0 Å². The van der Waals surface area contributed by atoms with Crippen LogP contribution in [0.4, 0.5) is 11.5 Å². The number of aryl methyl sites for hydroxylation is 1. The molecule has 0 bridgehead atoms. The fourth-order valence-corrected chi connectivity index (χ4v) is 2.07. The van der Waals surface area contributed by atoms with Crippen LogP contribution in [-0.2, 0) is 6.42 Å². The summed E-state index contributed by atoms with van der Waals surface area (Å²) in [5.41, 5.74) is 7.34. The van der Waals surface area contributed by atoms with E-state index >= 15 is 0 Å². The number of thiazole rings is 1. The zero-order valence-corrected chi connectivity index (χ0v) is 9.79. The highest BCUT2D eigenvalue weighted by Gasteiger charge is 2.01. The molecule has 16 heavy (non-hydrogen) atoms. The van der Waals surface area contributed by atoms with Crippen LogP contribution in [0.15, 0.2) is 17.9 Å². The molecule has 0 atom stereocenters. The smallest absolute Gasteiger partial charge is 0.152 e. The van der Waals surface area contributed by atoms with E-state index in [-0.39, 0.29) is 0 Å². The number of nitrogens with two attached hydrogens (primary N) is 1. The molecule has 0 aromatic carbocycles. The topological polar surface area (TPSA) is 76.7 Å². The summed E-state index contributed by atoms with van der Waals surface area (Å²) in [7, 11) is 0. The molecule has 0 saturated heterocycles. The van der Waals surface area contributed by atoms with Gasteiger partial charge in [0.15, 0.2) is 5.82 Å². The molecule has 0 fully saturated rings. The Kier molecular flexibility index (Phi) is 3.31. The van der Waals surface area contributed by atoms with Gasteiger partial charge < -0.3 is 11.1 Å². The first-order valence-corrected chi connectivity index (χ1v) is 5.84. The van der Waals surface area contributed by atoms with Gasteiger partial charge in [0.05, 0.1) is 16.9 Å². The Morgan fingerprint density at radius 1 is 1.50 bits per heavy atom. The highest BCUT2D eigenvalue weighted by Crippen LogP contribution is 2.13. The molecule has 0 aliphatic carbocycles. The molecule has 2 rings (SSSR count). The van der Waals surface area contributed by atoms with Crippen molar-refractivity contribution in [1.29, 1.82) is 0 Å². The molecule has 6 heteroatoms. The molecule has 0 saturated carbocycles. The number of anilines is 2. The Balaban J connectivity index is 1.87. The third kappa shape index (κ3) is 2.66. The van der Waals surface area contributed by atoms with E-state index in [9.17, 15) is 0 Å². The van der Waals surface area contributed by atoms with E-state index in [4.69, 9.17) is 5.73 Å². The van der Waals surface area contributed by atoms with Gasteiger partial charge in [0.2, 0.25) is 0 Å². The second-order valence-corrected chi connectivity index (χ2v) is 4.33. The van der Waals surface area contributed by atoms with E-state index in [0.29, 0.717) is 11.5 Å². The van der Waals surface area contributed by atoms with Crippen molar-refractivity contribution < 1.29 is 0 Å². The minimum absolute atomic E-state index is 0.567. The second kappa shape index (κ2) is 4.89. The van der Waals surface area contributed by atoms with Gasteiger partial charge in [-0.3, -0.25) is 0 Å². The van der Waals surface area contributed by atoms with Crippen LogP contribution in [0, 0.1) is 6.92 Å². The molecular weight excluding hydrogens is 222 g/mol. The van der Waals surface area contributed by atoms with Crippen molar-refractivity contribution in [2.24, 2.45) is 0 Å². The van der Waals surface area contributed by atoms with E-state index in [1.54, 1.807) is 17.5 Å². The molecule has 0 amide bonds. The lowest BCUT2D eigenvalue weighted by Gasteiger charge is -2.05. The minimum atomic E-state index is 0.567. The normalized spacial score (nSPS) is 10.3. The lowest BCUT2D eigenvalue weighted by atomic mass is 10.4. The molecule has 84 valence electrons. The van der Waals surface area contributed by atoms with Gasteiger partial charge in [-0.1, -0.05) is 0 Å². The van der Waals surface area contributed by atoms with Crippen LogP contribution in [0.5, 0.6) is 0 Å². The van der Waals surface area contributed by atoms with Crippen LogP contribution in [0.1, 0.15) is 10.7 Å². The van der Waals surface area contributed by atoms with E-state index in [2.05, 4.69) is 20.3 Å². The maximum absolute atomic E-state index is 5.70. The van der Waals surface area contributed by atoms with E-state index in [1.807, 2.05) is 12.3 Å². The summed E-state index contributed by atoms with van der Waals surface area (Å²) in [6, 6.07) is 0. The molecule has 5 nitrogen and oxygen atoms in total. The standard InChI is InChI=1S/C10H13N5S/c1-7-5-16-9(15-7)2-3-13-10-8(11)4-12-6-14-10/h4-6H,2-3,11H2,1H3,(H,12,13,14). The number of nitrogen functional groups attached to an aromatic ring is 1. The Morgan fingerprint density at radius 2 is 2.38 bits per heavy atom. The quantitative estimate of drug-likeness (QED) is 0.839. The van der Waals surface area contributed by atoms with Gasteiger partial charge in [-0.25, -0.2) is 15.0 Å². The average Bonchev–Trinajstić information content (AvgIpc) is 2.67. The minimum Gasteiger partial charge on any atom is -0.394 e. The van der Waals surface area contributed by atoms with E-state index < -0.39 is 0 Å². The van der Waals surface area contributed by atoms with Gasteiger partial charge in [0.25, 0.3) is 0 Å². The number of nitrogens with one attached hydrogen (secondary N) is 1. The average molecular weight is 235 g/mol. The van der Waals surface area contributed by atoms with Crippen LogP contribution in [0.25, 0.3) is 0 Å². The highest BCUT2D eigenvalue weighted by molar-refractivity contribution is 7.09. The third-order valence-electron chi connectivity index (χ3n) is 2.04. The first kappa shape index (κ1) is 10.8. The second-order valence-electron chi connectivity index (χ2n) is 3.39. The first-order valence-electron chi connectivity index (χ1n) is 4.96. The number of aromatic nitrogens is 3. The van der Waals surface area contributed by atoms with Gasteiger partial charge in [-0.05, 0) is 6.92 Å². The van der Waals surface area contributed by atoms with Gasteiger partial charge in [-0.15, -0.1) is 11.3 Å². The zero-order valence-electron chi connectivity index (χ0n) is 8.97. The van der Waals surface area contributed by atoms with E-state index in [0.717, 1.165) is 23.7 Å². The summed E-state index contributed by atoms with van der Waals surface area (Å²) in [6.45, 7) is 2.77. The summed E-state index contributed by atoms with van der Waals surface area (Å²) in [5.74, 6) is 0.684. The van der Waals surface area contributed by atoms with Gasteiger partial charge in [0, 0.05) is 24.0 Å². The predicted molar refractivity (Wildman–Crippen MR) is 65.5 cm³/mol. The van der Waals surface area contributed by atoms with Crippen LogP contribution < -0.4 is 11.1 Å². The summed E-state index contributed by atoms with van der Waals surface area (Å²) in [6.07, 6.45) is 3.94. The van der Waals surface area contributed by atoms with Gasteiger partial charge in [0.1, 0.15) is 6.33 Å². The van der Waals surface area contributed by atoms with Crippen molar-refractivity contribution in [2.75, 3.05) is 17.6 Å². The largest absolute Gasteiger partial charge is 0.394 e. The monoisotopic (exact) mass is 235 g/mol. The lowest BCUT2D eigenvalue weighted by molar-refractivity contribution is 0.974. The Labute approximate surface area is 97.8 Å². The number of rotatable bonds is 4. The summed E-state index contributed by atoms with van der Waals surface area (Å²) >= 11 is 1.67. The Hall–Kier alpha value is -1.69. The summed E-state index contributed by atoms with van der Waals surface area (Å²) in [5, 5.41) is 6.33.